The van der Waals surface area contributed by atoms with Crippen molar-refractivity contribution in [1.82, 2.24) is 5.32 Å². The van der Waals surface area contributed by atoms with Crippen molar-refractivity contribution in [3.05, 3.63) is 34.9 Å². The first-order chi connectivity index (χ1) is 10.0. The first-order valence-corrected chi connectivity index (χ1v) is 8.37. The highest BCUT2D eigenvalue weighted by Gasteiger charge is 2.25. The maximum Gasteiger partial charge on any atom is 0.0665 e. The Balaban J connectivity index is 1.95. The molecule has 2 heteroatoms. The molecule has 0 saturated heterocycles. The molecule has 4 atom stereocenters. The molecule has 0 aliphatic heterocycles. The molecule has 0 aromatic heterocycles. The summed E-state index contributed by atoms with van der Waals surface area (Å²) in [4.78, 5) is 0. The Hall–Kier alpha value is -0.860. The quantitative estimate of drug-likeness (QED) is 0.867. The molecule has 2 rings (SSSR count). The van der Waals surface area contributed by atoms with E-state index in [0.29, 0.717) is 12.1 Å². The van der Waals surface area contributed by atoms with E-state index in [4.69, 9.17) is 4.74 Å². The van der Waals surface area contributed by atoms with Gasteiger partial charge in [0.05, 0.1) is 18.8 Å². The summed E-state index contributed by atoms with van der Waals surface area (Å²) in [5.74, 6) is 1.64. The van der Waals surface area contributed by atoms with Gasteiger partial charge >= 0.3 is 0 Å². The van der Waals surface area contributed by atoms with Gasteiger partial charge in [-0.2, -0.15) is 0 Å². The minimum absolute atomic E-state index is 0.291. The molecular formula is C19H31NO. The lowest BCUT2D eigenvalue weighted by atomic mass is 9.80. The van der Waals surface area contributed by atoms with Crippen LogP contribution >= 0.6 is 0 Å². The molecule has 0 heterocycles. The molecule has 0 spiro atoms. The highest BCUT2D eigenvalue weighted by Crippen LogP contribution is 2.31. The molecule has 1 aromatic rings. The van der Waals surface area contributed by atoms with E-state index in [1.807, 2.05) is 7.05 Å². The van der Waals surface area contributed by atoms with E-state index in [9.17, 15) is 0 Å². The van der Waals surface area contributed by atoms with Crippen LogP contribution in [0.1, 0.15) is 55.8 Å². The Morgan fingerprint density at radius 3 is 2.62 bits per heavy atom. The molecule has 118 valence electrons. The van der Waals surface area contributed by atoms with Gasteiger partial charge < -0.3 is 10.1 Å². The predicted molar refractivity (Wildman–Crippen MR) is 89.6 cm³/mol. The van der Waals surface area contributed by atoms with Crippen LogP contribution in [0.25, 0.3) is 0 Å². The summed E-state index contributed by atoms with van der Waals surface area (Å²) in [5.41, 5.74) is 4.03. The number of likely N-dealkylation sites (N-methyl/N-ethyl adjacent to an activating group) is 1. The number of rotatable bonds is 5. The van der Waals surface area contributed by atoms with Crippen LogP contribution in [0.5, 0.6) is 0 Å². The summed E-state index contributed by atoms with van der Waals surface area (Å²) in [6, 6.07) is 6.96. The van der Waals surface area contributed by atoms with E-state index in [2.05, 4.69) is 51.2 Å². The zero-order chi connectivity index (χ0) is 15.4. The Morgan fingerprint density at radius 2 is 1.95 bits per heavy atom. The lowest BCUT2D eigenvalue weighted by molar-refractivity contribution is -0.00689. The molecule has 1 aromatic carbocycles. The van der Waals surface area contributed by atoms with Crippen molar-refractivity contribution in [2.24, 2.45) is 11.8 Å². The molecule has 1 N–H and O–H groups in total. The lowest BCUT2D eigenvalue weighted by Gasteiger charge is -2.33. The summed E-state index contributed by atoms with van der Waals surface area (Å²) in [5, 5.41) is 3.42. The predicted octanol–water partition coefficient (Wildman–Crippen LogP) is 4.41. The van der Waals surface area contributed by atoms with E-state index >= 15 is 0 Å². The van der Waals surface area contributed by atoms with Crippen LogP contribution in [0.15, 0.2) is 18.2 Å². The van der Waals surface area contributed by atoms with Gasteiger partial charge in [0, 0.05) is 0 Å². The number of aryl methyl sites for hydroxylation is 2. The number of hydrogen-bond acceptors (Lipinski definition) is 2. The van der Waals surface area contributed by atoms with Crippen molar-refractivity contribution in [1.29, 1.82) is 0 Å². The van der Waals surface area contributed by atoms with E-state index in [1.165, 1.54) is 36.0 Å². The van der Waals surface area contributed by atoms with Crippen molar-refractivity contribution in [2.75, 3.05) is 13.7 Å². The first kappa shape index (κ1) is 16.5. The molecule has 2 nitrogen and oxygen atoms in total. The van der Waals surface area contributed by atoms with Crippen molar-refractivity contribution < 1.29 is 4.74 Å². The van der Waals surface area contributed by atoms with Gasteiger partial charge in [0.15, 0.2) is 0 Å². The van der Waals surface area contributed by atoms with E-state index < -0.39 is 0 Å². The van der Waals surface area contributed by atoms with Gasteiger partial charge in [0.1, 0.15) is 0 Å². The smallest absolute Gasteiger partial charge is 0.0665 e. The molecule has 21 heavy (non-hydrogen) atoms. The van der Waals surface area contributed by atoms with Crippen LogP contribution in [0, 0.1) is 25.7 Å². The van der Waals surface area contributed by atoms with Crippen molar-refractivity contribution in [2.45, 2.75) is 59.1 Å². The number of ether oxygens (including phenoxy) is 1. The molecule has 1 aliphatic carbocycles. The van der Waals surface area contributed by atoms with Crippen LogP contribution in [0.2, 0.25) is 0 Å². The van der Waals surface area contributed by atoms with E-state index in [1.54, 1.807) is 0 Å². The largest absolute Gasteiger partial charge is 0.376 e. The molecule has 1 saturated carbocycles. The van der Waals surface area contributed by atoms with Crippen LogP contribution in [-0.4, -0.2) is 19.8 Å². The van der Waals surface area contributed by atoms with Crippen molar-refractivity contribution >= 4 is 0 Å². The zero-order valence-electron chi connectivity index (χ0n) is 14.3. The fraction of sp³-hybridized carbons (Fsp3) is 0.684. The standard InChI is InChI=1S/C19H31NO/c1-13-6-7-15(3)18(10-13)19(20-5)12-21-17-9-8-14(2)16(4)11-17/h6-7,10,14,16-17,19-20H,8-9,11-12H2,1-5H3. The number of nitrogens with one attached hydrogen (secondary N) is 1. The first-order valence-electron chi connectivity index (χ1n) is 8.37. The minimum atomic E-state index is 0.291. The van der Waals surface area contributed by atoms with Crippen LogP contribution in [0.4, 0.5) is 0 Å². The summed E-state index contributed by atoms with van der Waals surface area (Å²) in [6.45, 7) is 9.84. The molecule has 0 radical (unpaired) electrons. The fourth-order valence-electron chi connectivity index (χ4n) is 3.35. The van der Waals surface area contributed by atoms with Crippen LogP contribution < -0.4 is 5.32 Å². The Morgan fingerprint density at radius 1 is 1.19 bits per heavy atom. The van der Waals surface area contributed by atoms with E-state index in [-0.39, 0.29) is 0 Å². The Labute approximate surface area is 130 Å². The topological polar surface area (TPSA) is 21.3 Å². The summed E-state index contributed by atoms with van der Waals surface area (Å²) < 4.78 is 6.24. The number of benzene rings is 1. The normalized spacial score (nSPS) is 27.6. The molecule has 4 unspecified atom stereocenters. The third-order valence-corrected chi connectivity index (χ3v) is 5.21. The Kier molecular flexibility index (Phi) is 5.83. The van der Waals surface area contributed by atoms with Gasteiger partial charge in [-0.1, -0.05) is 37.6 Å². The molecule has 1 fully saturated rings. The van der Waals surface area contributed by atoms with Crippen LogP contribution in [0.3, 0.4) is 0 Å². The van der Waals surface area contributed by atoms with Gasteiger partial charge in [-0.3, -0.25) is 0 Å². The Bertz CT molecular complexity index is 457. The molecule has 0 amide bonds. The number of hydrogen-bond donors (Lipinski definition) is 1. The molecule has 0 bridgehead atoms. The van der Waals surface area contributed by atoms with Gasteiger partial charge in [0.25, 0.3) is 0 Å². The fourth-order valence-corrected chi connectivity index (χ4v) is 3.35. The maximum absolute atomic E-state index is 6.24. The minimum Gasteiger partial charge on any atom is -0.376 e. The van der Waals surface area contributed by atoms with Crippen LogP contribution in [-0.2, 0) is 4.74 Å². The SMILES string of the molecule is CNC(COC1CCC(C)C(C)C1)c1cc(C)ccc1C. The summed E-state index contributed by atoms with van der Waals surface area (Å²) in [6.07, 6.45) is 4.18. The third-order valence-electron chi connectivity index (χ3n) is 5.21. The summed E-state index contributed by atoms with van der Waals surface area (Å²) in [7, 11) is 2.03. The van der Waals surface area contributed by atoms with Gasteiger partial charge in [-0.05, 0) is 63.1 Å². The second-order valence-corrected chi connectivity index (χ2v) is 6.92. The molecule has 1 aliphatic rings. The maximum atomic E-state index is 6.24. The third kappa shape index (κ3) is 4.31. The highest BCUT2D eigenvalue weighted by atomic mass is 16.5. The van der Waals surface area contributed by atoms with Gasteiger partial charge in [-0.25, -0.2) is 0 Å². The average Bonchev–Trinajstić information content (AvgIpc) is 2.46. The molecular weight excluding hydrogens is 258 g/mol. The zero-order valence-corrected chi connectivity index (χ0v) is 14.3. The monoisotopic (exact) mass is 289 g/mol. The highest BCUT2D eigenvalue weighted by molar-refractivity contribution is 5.33. The van der Waals surface area contributed by atoms with Gasteiger partial charge in [0.2, 0.25) is 0 Å². The summed E-state index contributed by atoms with van der Waals surface area (Å²) >= 11 is 0. The lowest BCUT2D eigenvalue weighted by Crippen LogP contribution is -2.30. The van der Waals surface area contributed by atoms with Gasteiger partial charge in [-0.15, -0.1) is 0 Å². The second kappa shape index (κ2) is 7.42. The van der Waals surface area contributed by atoms with E-state index in [0.717, 1.165) is 18.4 Å². The second-order valence-electron chi connectivity index (χ2n) is 6.92. The van der Waals surface area contributed by atoms with Crippen molar-refractivity contribution in [3.63, 3.8) is 0 Å². The average molecular weight is 289 g/mol. The van der Waals surface area contributed by atoms with Crippen molar-refractivity contribution in [3.8, 4) is 0 Å².